The van der Waals surface area contributed by atoms with E-state index in [9.17, 15) is 4.79 Å². The molecule has 1 aliphatic carbocycles. The average Bonchev–Trinajstić information content (AvgIpc) is 3.19. The largest absolute Gasteiger partial charge is 0.351 e. The van der Waals surface area contributed by atoms with Crippen LogP contribution >= 0.6 is 0 Å². The van der Waals surface area contributed by atoms with Gasteiger partial charge in [0.15, 0.2) is 0 Å². The lowest BCUT2D eigenvalue weighted by Gasteiger charge is -2.24. The van der Waals surface area contributed by atoms with E-state index < -0.39 is 0 Å². The Kier molecular flexibility index (Phi) is 2.98. The topological polar surface area (TPSA) is 59.8 Å². The molecule has 0 aromatic carbocycles. The molecule has 3 atom stereocenters. The van der Waals surface area contributed by atoms with Crippen molar-refractivity contribution in [1.82, 2.24) is 19.9 Å². The lowest BCUT2D eigenvalue weighted by atomic mass is 10.1. The van der Waals surface area contributed by atoms with E-state index in [1.165, 1.54) is 5.56 Å². The second kappa shape index (κ2) is 4.98. The Balaban J connectivity index is 1.36. The zero-order valence-corrected chi connectivity index (χ0v) is 11.8. The number of aryl methyl sites for hydroxylation is 1. The number of pyridine rings is 1. The molecule has 0 radical (unpaired) electrons. The van der Waals surface area contributed by atoms with Gasteiger partial charge in [-0.2, -0.15) is 0 Å². The molecule has 5 heteroatoms. The highest BCUT2D eigenvalue weighted by Crippen LogP contribution is 2.47. The van der Waals surface area contributed by atoms with Crippen molar-refractivity contribution in [2.45, 2.75) is 37.8 Å². The fraction of sp³-hybridized carbons (Fsp3) is 0.438. The predicted molar refractivity (Wildman–Crippen MR) is 77.6 cm³/mol. The van der Waals surface area contributed by atoms with Gasteiger partial charge >= 0.3 is 0 Å². The Hall–Kier alpha value is -2.17. The molecular weight excluding hydrogens is 264 g/mol. The zero-order valence-electron chi connectivity index (χ0n) is 11.8. The molecule has 2 aromatic rings. The molecule has 108 valence electrons. The van der Waals surface area contributed by atoms with Gasteiger partial charge in [-0.25, -0.2) is 4.98 Å². The summed E-state index contributed by atoms with van der Waals surface area (Å²) >= 11 is 0. The average molecular weight is 282 g/mol. The second-order valence-corrected chi connectivity index (χ2v) is 5.98. The molecule has 1 amide bonds. The second-order valence-electron chi connectivity index (χ2n) is 5.98. The monoisotopic (exact) mass is 282 g/mol. The number of carbonyl (C=O) groups is 1. The quantitative estimate of drug-likeness (QED) is 0.928. The van der Waals surface area contributed by atoms with Crippen molar-refractivity contribution in [3.8, 4) is 0 Å². The lowest BCUT2D eigenvalue weighted by Crippen LogP contribution is -2.41. The van der Waals surface area contributed by atoms with Crippen LogP contribution in [0.15, 0.2) is 36.9 Å². The highest BCUT2D eigenvalue weighted by Gasteiger charge is 2.44. The van der Waals surface area contributed by atoms with Crippen molar-refractivity contribution in [3.05, 3.63) is 48.3 Å². The van der Waals surface area contributed by atoms with Gasteiger partial charge < -0.3 is 9.88 Å². The van der Waals surface area contributed by atoms with Crippen LogP contribution in [0.4, 0.5) is 0 Å². The van der Waals surface area contributed by atoms with E-state index in [1.807, 2.05) is 24.7 Å². The number of nitrogens with zero attached hydrogens (tertiary/aromatic N) is 3. The summed E-state index contributed by atoms with van der Waals surface area (Å²) in [5, 5.41) is 3.20. The Bertz CT molecular complexity index is 651. The molecule has 1 fully saturated rings. The van der Waals surface area contributed by atoms with Gasteiger partial charge in [0.1, 0.15) is 5.82 Å². The van der Waals surface area contributed by atoms with Gasteiger partial charge in [-0.15, -0.1) is 0 Å². The molecule has 2 aromatic heterocycles. The first-order valence-corrected chi connectivity index (χ1v) is 7.51. The molecule has 1 aliphatic heterocycles. The Morgan fingerprint density at radius 1 is 1.38 bits per heavy atom. The molecule has 3 heterocycles. The summed E-state index contributed by atoms with van der Waals surface area (Å²) in [7, 11) is 0. The van der Waals surface area contributed by atoms with E-state index in [4.69, 9.17) is 0 Å². The van der Waals surface area contributed by atoms with Crippen molar-refractivity contribution in [2.24, 2.45) is 5.92 Å². The number of hydrogen-bond acceptors (Lipinski definition) is 3. The normalized spacial score (nSPS) is 27.0. The molecule has 0 unspecified atom stereocenters. The van der Waals surface area contributed by atoms with Gasteiger partial charge in [0, 0.05) is 49.7 Å². The molecule has 2 aliphatic rings. The van der Waals surface area contributed by atoms with Crippen LogP contribution in [0, 0.1) is 5.92 Å². The third kappa shape index (κ3) is 2.44. The fourth-order valence-electron chi connectivity index (χ4n) is 3.24. The summed E-state index contributed by atoms with van der Waals surface area (Å²) in [5.74, 6) is 1.79. The standard InChI is InChI=1S/C16H18N4O/c21-16(14-8-13(14)11-2-1-5-17-9-11)19-12-3-4-15-18-6-7-20(15)10-12/h1-2,5-7,9,12-14H,3-4,8,10H2,(H,19,21)/t12-,13+,14-/m1/s1. The van der Waals surface area contributed by atoms with E-state index in [0.29, 0.717) is 5.92 Å². The summed E-state index contributed by atoms with van der Waals surface area (Å²) in [5.41, 5.74) is 1.18. The number of imidazole rings is 1. The molecule has 21 heavy (non-hydrogen) atoms. The fourth-order valence-corrected chi connectivity index (χ4v) is 3.24. The Morgan fingerprint density at radius 3 is 3.19 bits per heavy atom. The van der Waals surface area contributed by atoms with Crippen molar-refractivity contribution in [2.75, 3.05) is 0 Å². The van der Waals surface area contributed by atoms with E-state index in [-0.39, 0.29) is 17.9 Å². The number of fused-ring (bicyclic) bond motifs is 1. The van der Waals surface area contributed by atoms with Gasteiger partial charge in [-0.3, -0.25) is 9.78 Å². The Morgan fingerprint density at radius 2 is 2.33 bits per heavy atom. The van der Waals surface area contributed by atoms with E-state index in [0.717, 1.165) is 31.6 Å². The van der Waals surface area contributed by atoms with Crippen molar-refractivity contribution >= 4 is 5.91 Å². The first kappa shape index (κ1) is 12.6. The van der Waals surface area contributed by atoms with Crippen molar-refractivity contribution in [3.63, 3.8) is 0 Å². The van der Waals surface area contributed by atoms with Crippen molar-refractivity contribution < 1.29 is 4.79 Å². The third-order valence-electron chi connectivity index (χ3n) is 4.52. The van der Waals surface area contributed by atoms with Crippen LogP contribution in [0.2, 0.25) is 0 Å². The van der Waals surface area contributed by atoms with Gasteiger partial charge in [0.25, 0.3) is 0 Å². The molecule has 5 nitrogen and oxygen atoms in total. The molecule has 0 bridgehead atoms. The molecule has 1 saturated carbocycles. The predicted octanol–water partition coefficient (Wildman–Crippen LogP) is 1.51. The minimum absolute atomic E-state index is 0.124. The van der Waals surface area contributed by atoms with E-state index >= 15 is 0 Å². The minimum atomic E-state index is 0.124. The number of rotatable bonds is 3. The molecule has 4 rings (SSSR count). The number of carbonyl (C=O) groups excluding carboxylic acids is 1. The molecule has 0 spiro atoms. The zero-order chi connectivity index (χ0) is 14.2. The van der Waals surface area contributed by atoms with Crippen LogP contribution in [0.3, 0.4) is 0 Å². The molecular formula is C16H18N4O. The summed E-state index contributed by atoms with van der Waals surface area (Å²) in [6.07, 6.45) is 10.3. The van der Waals surface area contributed by atoms with Crippen LogP contribution in [0.5, 0.6) is 0 Å². The summed E-state index contributed by atoms with van der Waals surface area (Å²) in [6.45, 7) is 0.839. The highest BCUT2D eigenvalue weighted by molar-refractivity contribution is 5.83. The highest BCUT2D eigenvalue weighted by atomic mass is 16.2. The van der Waals surface area contributed by atoms with Gasteiger partial charge in [0.2, 0.25) is 5.91 Å². The molecule has 0 saturated heterocycles. The smallest absolute Gasteiger partial charge is 0.224 e. The summed E-state index contributed by atoms with van der Waals surface area (Å²) in [6, 6.07) is 4.22. The first-order valence-electron chi connectivity index (χ1n) is 7.51. The van der Waals surface area contributed by atoms with Gasteiger partial charge in [-0.1, -0.05) is 6.07 Å². The van der Waals surface area contributed by atoms with E-state index in [1.54, 1.807) is 6.20 Å². The number of hydrogen-bond donors (Lipinski definition) is 1. The summed E-state index contributed by atoms with van der Waals surface area (Å²) < 4.78 is 2.14. The van der Waals surface area contributed by atoms with Crippen LogP contribution in [0.25, 0.3) is 0 Å². The Labute approximate surface area is 123 Å². The molecule has 1 N–H and O–H groups in total. The van der Waals surface area contributed by atoms with Gasteiger partial charge in [0.05, 0.1) is 0 Å². The number of nitrogens with one attached hydrogen (secondary N) is 1. The maximum atomic E-state index is 12.4. The van der Waals surface area contributed by atoms with E-state index in [2.05, 4.69) is 25.9 Å². The first-order chi connectivity index (χ1) is 10.3. The van der Waals surface area contributed by atoms with Crippen molar-refractivity contribution in [1.29, 1.82) is 0 Å². The number of amides is 1. The van der Waals surface area contributed by atoms with Gasteiger partial charge in [-0.05, 0) is 30.4 Å². The minimum Gasteiger partial charge on any atom is -0.351 e. The maximum Gasteiger partial charge on any atom is 0.224 e. The lowest BCUT2D eigenvalue weighted by molar-refractivity contribution is -0.123. The summed E-state index contributed by atoms with van der Waals surface area (Å²) in [4.78, 5) is 20.8. The van der Waals surface area contributed by atoms with Crippen LogP contribution in [-0.2, 0) is 17.8 Å². The van der Waals surface area contributed by atoms with Crippen LogP contribution in [0.1, 0.15) is 30.1 Å². The maximum absolute atomic E-state index is 12.4. The van der Waals surface area contributed by atoms with Crippen LogP contribution in [-0.4, -0.2) is 26.5 Å². The SMILES string of the molecule is O=C(N[C@@H]1CCc2nccn2C1)[C@@H]1C[C@H]1c1cccnc1. The van der Waals surface area contributed by atoms with Crippen LogP contribution < -0.4 is 5.32 Å². The third-order valence-corrected chi connectivity index (χ3v) is 4.52. The number of aromatic nitrogens is 3.